The maximum Gasteiger partial charge on any atom is 0.417 e. The Morgan fingerprint density at radius 2 is 1.62 bits per heavy atom. The molecule has 9 heteroatoms. The molecular weight excluding hydrogens is 445 g/mol. The molecule has 0 radical (unpaired) electrons. The Labute approximate surface area is 198 Å². The van der Waals surface area contributed by atoms with Crippen molar-refractivity contribution in [1.82, 2.24) is 14.8 Å². The molecule has 0 unspecified atom stereocenters. The van der Waals surface area contributed by atoms with E-state index >= 15 is 0 Å². The summed E-state index contributed by atoms with van der Waals surface area (Å²) < 4.78 is 44.0. The zero-order chi connectivity index (χ0) is 24.0. The molecular formula is C25H31F3N4O2. The molecule has 1 aromatic heterocycles. The van der Waals surface area contributed by atoms with Gasteiger partial charge in [0.05, 0.1) is 12.2 Å². The predicted molar refractivity (Wildman–Crippen MR) is 124 cm³/mol. The third kappa shape index (κ3) is 6.40. The number of nitrogens with zero attached hydrogens (tertiary/aromatic N) is 4. The van der Waals surface area contributed by atoms with E-state index in [0.29, 0.717) is 44.2 Å². The van der Waals surface area contributed by atoms with E-state index in [1.54, 1.807) is 17.0 Å². The minimum atomic E-state index is -4.40. The van der Waals surface area contributed by atoms with Gasteiger partial charge in [-0.25, -0.2) is 4.98 Å². The van der Waals surface area contributed by atoms with Gasteiger partial charge in [-0.15, -0.1) is 0 Å². The number of amides is 1. The number of rotatable bonds is 7. The molecule has 34 heavy (non-hydrogen) atoms. The number of hydrogen-bond acceptors (Lipinski definition) is 5. The summed E-state index contributed by atoms with van der Waals surface area (Å²) in [5.41, 5.74) is -0.165. The molecule has 2 aliphatic heterocycles. The molecule has 4 rings (SSSR count). The number of carbonyl (C=O) groups excluding carboxylic acids is 1. The zero-order valence-corrected chi connectivity index (χ0v) is 19.3. The van der Waals surface area contributed by atoms with Crippen LogP contribution in [0.5, 0.6) is 5.75 Å². The van der Waals surface area contributed by atoms with Gasteiger partial charge >= 0.3 is 6.18 Å². The number of ether oxygens (including phenoxy) is 1. The molecule has 184 valence electrons. The number of likely N-dealkylation sites (tertiary alicyclic amines) is 1. The van der Waals surface area contributed by atoms with Gasteiger partial charge in [-0.2, -0.15) is 13.2 Å². The minimum Gasteiger partial charge on any atom is -0.494 e. The standard InChI is InChI=1S/C25H31F3N4O2/c26-25(27,28)21-7-10-23(29-19-21)31-14-16-32(17-15-31)24(33)20-5-8-22(9-6-20)34-18-4-13-30-11-2-1-3-12-30/h5-10,19H,1-4,11-18H2. The Hall–Kier alpha value is -2.81. The Morgan fingerprint density at radius 1 is 0.912 bits per heavy atom. The molecule has 0 N–H and O–H groups in total. The number of aromatic nitrogens is 1. The molecule has 1 amide bonds. The van der Waals surface area contributed by atoms with Crippen molar-refractivity contribution < 1.29 is 22.7 Å². The van der Waals surface area contributed by atoms with Gasteiger partial charge in [-0.05, 0) is 68.8 Å². The van der Waals surface area contributed by atoms with Gasteiger partial charge in [-0.1, -0.05) is 6.42 Å². The monoisotopic (exact) mass is 476 g/mol. The van der Waals surface area contributed by atoms with Crippen LogP contribution in [0.3, 0.4) is 0 Å². The summed E-state index contributed by atoms with van der Waals surface area (Å²) in [6, 6.07) is 9.65. The van der Waals surface area contributed by atoms with E-state index in [1.807, 2.05) is 17.0 Å². The van der Waals surface area contributed by atoms with Crippen molar-refractivity contribution in [3.63, 3.8) is 0 Å². The fraction of sp³-hybridized carbons (Fsp3) is 0.520. The SMILES string of the molecule is O=C(c1ccc(OCCCN2CCCCC2)cc1)N1CCN(c2ccc(C(F)(F)F)cn2)CC1. The van der Waals surface area contributed by atoms with Crippen LogP contribution in [-0.4, -0.2) is 73.1 Å². The van der Waals surface area contributed by atoms with Crippen molar-refractivity contribution in [2.75, 3.05) is 57.3 Å². The molecule has 6 nitrogen and oxygen atoms in total. The lowest BCUT2D eigenvalue weighted by atomic mass is 10.1. The average molecular weight is 477 g/mol. The molecule has 0 atom stereocenters. The van der Waals surface area contributed by atoms with E-state index in [9.17, 15) is 18.0 Å². The van der Waals surface area contributed by atoms with E-state index in [4.69, 9.17) is 4.74 Å². The molecule has 2 aromatic rings. The number of alkyl halides is 3. The zero-order valence-electron chi connectivity index (χ0n) is 19.3. The van der Waals surface area contributed by atoms with E-state index in [1.165, 1.54) is 38.4 Å². The number of piperidine rings is 1. The van der Waals surface area contributed by atoms with Crippen LogP contribution in [0.15, 0.2) is 42.6 Å². The normalized spacial score (nSPS) is 17.6. The molecule has 0 saturated carbocycles. The highest BCUT2D eigenvalue weighted by atomic mass is 19.4. The lowest BCUT2D eigenvalue weighted by Gasteiger charge is -2.35. The lowest BCUT2D eigenvalue weighted by Crippen LogP contribution is -2.49. The van der Waals surface area contributed by atoms with Crippen LogP contribution in [0.4, 0.5) is 19.0 Å². The number of benzene rings is 1. The number of hydrogen-bond donors (Lipinski definition) is 0. The van der Waals surface area contributed by atoms with Crippen LogP contribution in [0.25, 0.3) is 0 Å². The van der Waals surface area contributed by atoms with E-state index in [0.717, 1.165) is 31.0 Å². The van der Waals surface area contributed by atoms with Crippen LogP contribution >= 0.6 is 0 Å². The molecule has 0 aliphatic carbocycles. The van der Waals surface area contributed by atoms with Gasteiger partial charge in [0.2, 0.25) is 0 Å². The molecule has 1 aromatic carbocycles. The van der Waals surface area contributed by atoms with Gasteiger partial charge in [0.1, 0.15) is 11.6 Å². The van der Waals surface area contributed by atoms with Crippen LogP contribution in [0.1, 0.15) is 41.6 Å². The maximum atomic E-state index is 12.9. The summed E-state index contributed by atoms with van der Waals surface area (Å²) in [5, 5.41) is 0. The number of carbonyl (C=O) groups is 1. The number of halogens is 3. The summed E-state index contributed by atoms with van der Waals surface area (Å²) in [7, 11) is 0. The van der Waals surface area contributed by atoms with E-state index < -0.39 is 11.7 Å². The Morgan fingerprint density at radius 3 is 2.24 bits per heavy atom. The maximum absolute atomic E-state index is 12.9. The second-order valence-corrected chi connectivity index (χ2v) is 8.81. The quantitative estimate of drug-likeness (QED) is 0.558. The highest BCUT2D eigenvalue weighted by molar-refractivity contribution is 5.94. The van der Waals surface area contributed by atoms with Gasteiger partial charge in [-0.3, -0.25) is 4.79 Å². The largest absolute Gasteiger partial charge is 0.494 e. The first-order valence-electron chi connectivity index (χ1n) is 11.9. The van der Waals surface area contributed by atoms with Crippen molar-refractivity contribution in [3.8, 4) is 5.75 Å². The van der Waals surface area contributed by atoms with E-state index in [2.05, 4.69) is 9.88 Å². The summed E-state index contributed by atoms with van der Waals surface area (Å²) in [6.45, 7) is 6.09. The van der Waals surface area contributed by atoms with Crippen molar-refractivity contribution >= 4 is 11.7 Å². The molecule has 2 aliphatic rings. The predicted octanol–water partition coefficient (Wildman–Crippen LogP) is 4.32. The third-order valence-electron chi connectivity index (χ3n) is 6.40. The Balaban J connectivity index is 1.21. The lowest BCUT2D eigenvalue weighted by molar-refractivity contribution is -0.137. The smallest absolute Gasteiger partial charge is 0.417 e. The minimum absolute atomic E-state index is 0.0586. The van der Waals surface area contributed by atoms with Gasteiger partial charge < -0.3 is 19.4 Å². The number of pyridine rings is 1. The molecule has 0 spiro atoms. The first kappa shape index (κ1) is 24.3. The molecule has 3 heterocycles. The summed E-state index contributed by atoms with van der Waals surface area (Å²) >= 11 is 0. The molecule has 0 bridgehead atoms. The van der Waals surface area contributed by atoms with Gasteiger partial charge in [0, 0.05) is 44.5 Å². The molecule has 2 saturated heterocycles. The van der Waals surface area contributed by atoms with Crippen LogP contribution < -0.4 is 9.64 Å². The average Bonchev–Trinajstić information content (AvgIpc) is 2.87. The van der Waals surface area contributed by atoms with Crippen LogP contribution in [0, 0.1) is 0 Å². The second-order valence-electron chi connectivity index (χ2n) is 8.81. The van der Waals surface area contributed by atoms with Crippen molar-refractivity contribution in [2.24, 2.45) is 0 Å². The first-order valence-corrected chi connectivity index (χ1v) is 11.9. The van der Waals surface area contributed by atoms with Crippen molar-refractivity contribution in [2.45, 2.75) is 31.9 Å². The topological polar surface area (TPSA) is 48.9 Å². The van der Waals surface area contributed by atoms with Gasteiger partial charge in [0.25, 0.3) is 5.91 Å². The summed E-state index contributed by atoms with van der Waals surface area (Å²) in [5.74, 6) is 1.19. The summed E-state index contributed by atoms with van der Waals surface area (Å²) in [6.07, 6.45) is 1.35. The highest BCUT2D eigenvalue weighted by Crippen LogP contribution is 2.29. The summed E-state index contributed by atoms with van der Waals surface area (Å²) in [4.78, 5) is 23.0. The number of anilines is 1. The second kappa shape index (κ2) is 11.1. The number of piperazine rings is 1. The Kier molecular flexibility index (Phi) is 7.92. The Bertz CT molecular complexity index is 921. The molecule has 2 fully saturated rings. The fourth-order valence-corrected chi connectivity index (χ4v) is 4.42. The van der Waals surface area contributed by atoms with Gasteiger partial charge in [0.15, 0.2) is 0 Å². The van der Waals surface area contributed by atoms with Crippen molar-refractivity contribution in [1.29, 1.82) is 0 Å². The van der Waals surface area contributed by atoms with E-state index in [-0.39, 0.29) is 5.91 Å². The fourth-order valence-electron chi connectivity index (χ4n) is 4.42. The van der Waals surface area contributed by atoms with Crippen molar-refractivity contribution in [3.05, 3.63) is 53.7 Å². The highest BCUT2D eigenvalue weighted by Gasteiger charge is 2.31. The van der Waals surface area contributed by atoms with Crippen LogP contribution in [0.2, 0.25) is 0 Å². The third-order valence-corrected chi connectivity index (χ3v) is 6.40. The van der Waals surface area contributed by atoms with Crippen LogP contribution in [-0.2, 0) is 6.18 Å². The first-order chi connectivity index (χ1) is 16.4.